The van der Waals surface area contributed by atoms with Crippen molar-refractivity contribution in [3.05, 3.63) is 29.6 Å². The molecule has 1 heterocycles. The topological polar surface area (TPSA) is 50.4 Å². The highest BCUT2D eigenvalue weighted by molar-refractivity contribution is 5.85. The van der Waals surface area contributed by atoms with Crippen LogP contribution in [0.4, 0.5) is 4.39 Å². The van der Waals surface area contributed by atoms with Gasteiger partial charge in [-0.3, -0.25) is 4.79 Å². The standard InChI is InChI=1S/C14H19FN2O2.ClH/c1-19-13-5-4-10(7-12(13)15)8-14(18)17-11-3-2-6-16-9-11;/h4-5,7,11,16H,2-3,6,8-9H2,1H3,(H,17,18);1H/t11-;/m0./s1. The van der Waals surface area contributed by atoms with E-state index in [1.54, 1.807) is 12.1 Å². The molecule has 1 saturated heterocycles. The van der Waals surface area contributed by atoms with Gasteiger partial charge < -0.3 is 15.4 Å². The fraction of sp³-hybridized carbons (Fsp3) is 0.500. The van der Waals surface area contributed by atoms with Gasteiger partial charge in [0.25, 0.3) is 0 Å². The van der Waals surface area contributed by atoms with Gasteiger partial charge in [0, 0.05) is 12.6 Å². The Morgan fingerprint density at radius 2 is 2.35 bits per heavy atom. The molecule has 4 nitrogen and oxygen atoms in total. The minimum atomic E-state index is -0.438. The highest BCUT2D eigenvalue weighted by Gasteiger charge is 2.15. The first kappa shape index (κ1) is 16.7. The van der Waals surface area contributed by atoms with Crippen molar-refractivity contribution in [2.24, 2.45) is 0 Å². The van der Waals surface area contributed by atoms with E-state index in [0.29, 0.717) is 5.56 Å². The zero-order valence-electron chi connectivity index (χ0n) is 11.4. The third-order valence-corrected chi connectivity index (χ3v) is 3.24. The zero-order chi connectivity index (χ0) is 13.7. The van der Waals surface area contributed by atoms with Crippen LogP contribution in [-0.4, -0.2) is 32.1 Å². The van der Waals surface area contributed by atoms with Crippen molar-refractivity contribution >= 4 is 18.3 Å². The van der Waals surface area contributed by atoms with E-state index in [4.69, 9.17) is 4.74 Å². The van der Waals surface area contributed by atoms with Crippen molar-refractivity contribution in [2.45, 2.75) is 25.3 Å². The molecule has 112 valence electrons. The third-order valence-electron chi connectivity index (χ3n) is 3.24. The molecular formula is C14H20ClFN2O2. The quantitative estimate of drug-likeness (QED) is 0.889. The molecule has 1 aliphatic heterocycles. The number of carbonyl (C=O) groups excluding carboxylic acids is 1. The Bertz CT molecular complexity index is 451. The first-order chi connectivity index (χ1) is 9.19. The summed E-state index contributed by atoms with van der Waals surface area (Å²) in [6.45, 7) is 1.82. The van der Waals surface area contributed by atoms with Gasteiger partial charge in [-0.25, -0.2) is 4.39 Å². The maximum Gasteiger partial charge on any atom is 0.224 e. The van der Waals surface area contributed by atoms with Gasteiger partial charge in [-0.2, -0.15) is 0 Å². The summed E-state index contributed by atoms with van der Waals surface area (Å²) in [5.41, 5.74) is 0.652. The number of methoxy groups -OCH3 is 1. The number of benzene rings is 1. The van der Waals surface area contributed by atoms with Gasteiger partial charge in [-0.05, 0) is 37.1 Å². The average Bonchev–Trinajstić information content (AvgIpc) is 2.40. The van der Waals surface area contributed by atoms with E-state index in [-0.39, 0.29) is 36.5 Å². The van der Waals surface area contributed by atoms with Crippen LogP contribution in [0, 0.1) is 5.82 Å². The fourth-order valence-corrected chi connectivity index (χ4v) is 2.26. The summed E-state index contributed by atoms with van der Waals surface area (Å²) in [6.07, 6.45) is 2.26. The number of rotatable bonds is 4. The molecular weight excluding hydrogens is 283 g/mol. The van der Waals surface area contributed by atoms with E-state index < -0.39 is 5.82 Å². The molecule has 1 atom stereocenters. The molecule has 0 aromatic heterocycles. The van der Waals surface area contributed by atoms with Crippen LogP contribution in [0.5, 0.6) is 5.75 Å². The summed E-state index contributed by atoms with van der Waals surface area (Å²) in [4.78, 5) is 11.9. The molecule has 0 radical (unpaired) electrons. The van der Waals surface area contributed by atoms with Crippen molar-refractivity contribution in [1.29, 1.82) is 0 Å². The largest absolute Gasteiger partial charge is 0.494 e. The number of carbonyl (C=O) groups is 1. The predicted octanol–water partition coefficient (Wildman–Crippen LogP) is 1.67. The Balaban J connectivity index is 0.00000200. The van der Waals surface area contributed by atoms with Crippen LogP contribution in [-0.2, 0) is 11.2 Å². The lowest BCUT2D eigenvalue weighted by molar-refractivity contribution is -0.121. The Morgan fingerprint density at radius 3 is 2.95 bits per heavy atom. The summed E-state index contributed by atoms with van der Waals surface area (Å²) < 4.78 is 18.3. The van der Waals surface area contributed by atoms with E-state index in [9.17, 15) is 9.18 Å². The maximum atomic E-state index is 13.5. The molecule has 1 amide bonds. The first-order valence-electron chi connectivity index (χ1n) is 6.51. The van der Waals surface area contributed by atoms with Gasteiger partial charge in [0.15, 0.2) is 11.6 Å². The third kappa shape index (κ3) is 4.65. The van der Waals surface area contributed by atoms with Crippen molar-refractivity contribution in [1.82, 2.24) is 10.6 Å². The minimum absolute atomic E-state index is 0. The van der Waals surface area contributed by atoms with Crippen LogP contribution in [0.2, 0.25) is 0 Å². The van der Waals surface area contributed by atoms with Crippen molar-refractivity contribution in [3.63, 3.8) is 0 Å². The molecule has 0 aliphatic carbocycles. The van der Waals surface area contributed by atoms with Crippen molar-refractivity contribution in [3.8, 4) is 5.75 Å². The molecule has 1 aromatic rings. The smallest absolute Gasteiger partial charge is 0.224 e. The lowest BCUT2D eigenvalue weighted by atomic mass is 10.1. The number of hydrogen-bond acceptors (Lipinski definition) is 3. The van der Waals surface area contributed by atoms with Crippen molar-refractivity contribution in [2.75, 3.05) is 20.2 Å². The SMILES string of the molecule is COc1ccc(CC(=O)N[C@H]2CCCNC2)cc1F.Cl. The first-order valence-corrected chi connectivity index (χ1v) is 6.51. The van der Waals surface area contributed by atoms with Gasteiger partial charge in [0.1, 0.15) is 0 Å². The molecule has 0 bridgehead atoms. The van der Waals surface area contributed by atoms with Crippen LogP contribution >= 0.6 is 12.4 Å². The maximum absolute atomic E-state index is 13.5. The van der Waals surface area contributed by atoms with Crippen LogP contribution in [0.15, 0.2) is 18.2 Å². The summed E-state index contributed by atoms with van der Waals surface area (Å²) in [5.74, 6) is -0.314. The molecule has 2 N–H and O–H groups in total. The molecule has 1 aliphatic rings. The number of ether oxygens (including phenoxy) is 1. The van der Waals surface area contributed by atoms with E-state index in [2.05, 4.69) is 10.6 Å². The van der Waals surface area contributed by atoms with Crippen LogP contribution in [0.1, 0.15) is 18.4 Å². The lowest BCUT2D eigenvalue weighted by Gasteiger charge is -2.23. The zero-order valence-corrected chi connectivity index (χ0v) is 12.3. The number of hydrogen-bond donors (Lipinski definition) is 2. The molecule has 0 unspecified atom stereocenters. The molecule has 0 saturated carbocycles. The molecule has 0 spiro atoms. The van der Waals surface area contributed by atoms with E-state index in [1.165, 1.54) is 13.2 Å². The molecule has 6 heteroatoms. The Morgan fingerprint density at radius 1 is 1.55 bits per heavy atom. The normalized spacial score (nSPS) is 18.0. The second-order valence-electron chi connectivity index (χ2n) is 4.76. The summed E-state index contributed by atoms with van der Waals surface area (Å²) in [6, 6.07) is 4.78. The summed E-state index contributed by atoms with van der Waals surface area (Å²) in [7, 11) is 1.42. The lowest BCUT2D eigenvalue weighted by Crippen LogP contribution is -2.46. The van der Waals surface area contributed by atoms with Crippen molar-refractivity contribution < 1.29 is 13.9 Å². The Kier molecular flexibility index (Phi) is 6.75. The Hall–Kier alpha value is -1.33. The minimum Gasteiger partial charge on any atom is -0.494 e. The van der Waals surface area contributed by atoms with Gasteiger partial charge >= 0.3 is 0 Å². The van der Waals surface area contributed by atoms with Gasteiger partial charge in [0.2, 0.25) is 5.91 Å². The number of piperidine rings is 1. The number of nitrogens with one attached hydrogen (secondary N) is 2. The molecule has 20 heavy (non-hydrogen) atoms. The Labute approximate surface area is 124 Å². The number of amides is 1. The van der Waals surface area contributed by atoms with E-state index in [0.717, 1.165) is 25.9 Å². The highest BCUT2D eigenvalue weighted by atomic mass is 35.5. The predicted molar refractivity (Wildman–Crippen MR) is 77.9 cm³/mol. The summed E-state index contributed by atoms with van der Waals surface area (Å²) in [5, 5.41) is 6.20. The van der Waals surface area contributed by atoms with E-state index in [1.807, 2.05) is 0 Å². The van der Waals surface area contributed by atoms with Crippen LogP contribution in [0.3, 0.4) is 0 Å². The summed E-state index contributed by atoms with van der Waals surface area (Å²) >= 11 is 0. The monoisotopic (exact) mass is 302 g/mol. The van der Waals surface area contributed by atoms with Crippen LogP contribution in [0.25, 0.3) is 0 Å². The van der Waals surface area contributed by atoms with Gasteiger partial charge in [-0.1, -0.05) is 6.07 Å². The molecule has 1 fully saturated rings. The second kappa shape index (κ2) is 8.07. The molecule has 2 rings (SSSR count). The van der Waals surface area contributed by atoms with E-state index >= 15 is 0 Å². The van der Waals surface area contributed by atoms with Gasteiger partial charge in [-0.15, -0.1) is 12.4 Å². The fourth-order valence-electron chi connectivity index (χ4n) is 2.26. The van der Waals surface area contributed by atoms with Gasteiger partial charge in [0.05, 0.1) is 13.5 Å². The highest BCUT2D eigenvalue weighted by Crippen LogP contribution is 2.18. The molecule has 1 aromatic carbocycles. The van der Waals surface area contributed by atoms with Crippen LogP contribution < -0.4 is 15.4 Å². The average molecular weight is 303 g/mol. The second-order valence-corrected chi connectivity index (χ2v) is 4.76. The number of halogens is 2.